The van der Waals surface area contributed by atoms with Crippen molar-refractivity contribution in [2.45, 2.75) is 59.8 Å². The Balaban J connectivity index is 1.93. The first-order chi connectivity index (χ1) is 10.4. The van der Waals surface area contributed by atoms with Crippen LogP contribution < -0.4 is 0 Å². The molecule has 0 heterocycles. The van der Waals surface area contributed by atoms with Crippen molar-refractivity contribution in [1.82, 2.24) is 0 Å². The summed E-state index contributed by atoms with van der Waals surface area (Å²) in [5.74, 6) is 4.92. The summed E-state index contributed by atoms with van der Waals surface area (Å²) in [4.78, 5) is 5.15. The minimum atomic E-state index is 0.249. The van der Waals surface area contributed by atoms with Gasteiger partial charge in [0.15, 0.2) is 6.61 Å². The maximum absolute atomic E-state index is 5.21. The molecule has 0 N–H and O–H groups in total. The maximum Gasteiger partial charge on any atom is 0.177 e. The van der Waals surface area contributed by atoms with Gasteiger partial charge in [-0.2, -0.15) is 0 Å². The van der Waals surface area contributed by atoms with Gasteiger partial charge in [0.05, 0.1) is 5.71 Å². The first-order valence-electron chi connectivity index (χ1n) is 8.72. The summed E-state index contributed by atoms with van der Waals surface area (Å²) in [6, 6.07) is 0. The van der Waals surface area contributed by atoms with E-state index in [9.17, 15) is 0 Å². The van der Waals surface area contributed by atoms with Gasteiger partial charge in [0.1, 0.15) is 0 Å². The molecule has 2 nitrogen and oxygen atoms in total. The normalized spacial score (nSPS) is 41.3. The molecule has 4 bridgehead atoms. The van der Waals surface area contributed by atoms with E-state index in [2.05, 4.69) is 37.9 Å². The molecule has 0 radical (unpaired) electrons. The van der Waals surface area contributed by atoms with Crippen LogP contribution in [0.4, 0.5) is 0 Å². The van der Waals surface area contributed by atoms with Crippen molar-refractivity contribution in [2.75, 3.05) is 6.61 Å². The molecule has 3 aliphatic rings. The molecule has 0 spiro atoms. The highest BCUT2D eigenvalue weighted by Crippen LogP contribution is 2.70. The van der Waals surface area contributed by atoms with Crippen LogP contribution in [0, 0.1) is 40.9 Å². The van der Waals surface area contributed by atoms with Gasteiger partial charge in [-0.15, -0.1) is 6.42 Å². The zero-order valence-corrected chi connectivity index (χ0v) is 14.5. The summed E-state index contributed by atoms with van der Waals surface area (Å²) in [6.45, 7) is 9.78. The van der Waals surface area contributed by atoms with Gasteiger partial charge in [-0.3, -0.25) is 0 Å². The summed E-state index contributed by atoms with van der Waals surface area (Å²) in [6.07, 6.45) is 14.4. The molecule has 0 aromatic heterocycles. The number of hydrogen-bond donors (Lipinski definition) is 0. The second-order valence-electron chi connectivity index (χ2n) is 8.39. The molecule has 0 aromatic carbocycles. The average molecular weight is 299 g/mol. The summed E-state index contributed by atoms with van der Waals surface area (Å²) in [5, 5.41) is 4.16. The highest BCUT2D eigenvalue weighted by Gasteiger charge is 2.62. The molecule has 3 saturated carbocycles. The van der Waals surface area contributed by atoms with Gasteiger partial charge in [0.25, 0.3) is 0 Å². The average Bonchev–Trinajstić information content (AvgIpc) is 2.94. The van der Waals surface area contributed by atoms with Crippen LogP contribution in [0.3, 0.4) is 0 Å². The predicted octanol–water partition coefficient (Wildman–Crippen LogP) is 4.81. The molecule has 0 unspecified atom stereocenters. The monoisotopic (exact) mass is 299 g/mol. The van der Waals surface area contributed by atoms with Gasteiger partial charge in [0.2, 0.25) is 0 Å². The first kappa shape index (κ1) is 15.7. The van der Waals surface area contributed by atoms with E-state index in [1.807, 2.05) is 6.92 Å². The summed E-state index contributed by atoms with van der Waals surface area (Å²) >= 11 is 0. The highest BCUT2D eigenvalue weighted by atomic mass is 16.6. The Labute approximate surface area is 135 Å². The Morgan fingerprint density at radius 2 is 2.14 bits per heavy atom. The number of rotatable bonds is 3. The van der Waals surface area contributed by atoms with E-state index in [0.717, 1.165) is 23.5 Å². The smallest absolute Gasteiger partial charge is 0.177 e. The molecule has 4 atom stereocenters. The predicted molar refractivity (Wildman–Crippen MR) is 91.4 cm³/mol. The largest absolute Gasteiger partial charge is 0.382 e. The van der Waals surface area contributed by atoms with Crippen LogP contribution in [0.25, 0.3) is 0 Å². The standard InChI is InChI=1S/C20H29NO/c1-6-12-22-21-14(2)13-17-15-8-9-16-18(15)19(3,4)10-7-11-20(16,17)5/h1,13,15-16,18H,7-12H2,2-5H3/b17-13?,21-14+/t15-,16-,18+,20+/m1/s1. The fourth-order valence-corrected chi connectivity index (χ4v) is 5.89. The lowest BCUT2D eigenvalue weighted by atomic mass is 9.68. The fourth-order valence-electron chi connectivity index (χ4n) is 5.89. The van der Waals surface area contributed by atoms with Crippen molar-refractivity contribution in [3.63, 3.8) is 0 Å². The van der Waals surface area contributed by atoms with E-state index in [-0.39, 0.29) is 6.61 Å². The number of hydrogen-bond acceptors (Lipinski definition) is 2. The van der Waals surface area contributed by atoms with Crippen LogP contribution in [0.5, 0.6) is 0 Å². The second-order valence-corrected chi connectivity index (χ2v) is 8.39. The third-order valence-corrected chi connectivity index (χ3v) is 6.67. The van der Waals surface area contributed by atoms with Gasteiger partial charge in [-0.25, -0.2) is 0 Å². The van der Waals surface area contributed by atoms with Crippen LogP contribution in [-0.2, 0) is 4.84 Å². The Morgan fingerprint density at radius 3 is 2.86 bits per heavy atom. The van der Waals surface area contributed by atoms with E-state index in [1.54, 1.807) is 5.57 Å². The molecule has 120 valence electrons. The zero-order chi connectivity index (χ0) is 16.0. The fraction of sp³-hybridized carbons (Fsp3) is 0.750. The minimum Gasteiger partial charge on any atom is -0.382 e. The molecule has 3 rings (SSSR count). The van der Waals surface area contributed by atoms with Crippen LogP contribution in [0.2, 0.25) is 0 Å². The molecule has 0 amide bonds. The van der Waals surface area contributed by atoms with Crippen molar-refractivity contribution in [3.05, 3.63) is 11.6 Å². The number of allylic oxidation sites excluding steroid dienone is 2. The molecule has 0 saturated heterocycles. The lowest BCUT2D eigenvalue weighted by Crippen LogP contribution is -2.28. The van der Waals surface area contributed by atoms with Gasteiger partial charge in [-0.05, 0) is 67.3 Å². The van der Waals surface area contributed by atoms with Crippen molar-refractivity contribution in [2.24, 2.45) is 33.7 Å². The molecule has 0 aromatic rings. The first-order valence-corrected chi connectivity index (χ1v) is 8.72. The van der Waals surface area contributed by atoms with Crippen molar-refractivity contribution < 1.29 is 4.84 Å². The molecular weight excluding hydrogens is 270 g/mol. The lowest BCUT2D eigenvalue weighted by molar-refractivity contribution is 0.141. The summed E-state index contributed by atoms with van der Waals surface area (Å²) in [7, 11) is 0. The molecule has 22 heavy (non-hydrogen) atoms. The Hall–Kier alpha value is -1.23. The maximum atomic E-state index is 5.21. The van der Waals surface area contributed by atoms with Gasteiger partial charge < -0.3 is 4.84 Å². The summed E-state index contributed by atoms with van der Waals surface area (Å²) < 4.78 is 0. The third kappa shape index (κ3) is 2.30. The molecular formula is C20H29NO. The molecule has 0 aliphatic heterocycles. The molecule has 3 fully saturated rings. The van der Waals surface area contributed by atoms with E-state index in [4.69, 9.17) is 11.3 Å². The van der Waals surface area contributed by atoms with Crippen LogP contribution in [0.1, 0.15) is 59.8 Å². The lowest BCUT2D eigenvalue weighted by Gasteiger charge is -2.36. The van der Waals surface area contributed by atoms with E-state index >= 15 is 0 Å². The van der Waals surface area contributed by atoms with Crippen molar-refractivity contribution in [3.8, 4) is 12.3 Å². The quantitative estimate of drug-likeness (QED) is 0.317. The second kappa shape index (κ2) is 5.44. The highest BCUT2D eigenvalue weighted by molar-refractivity contribution is 5.93. The van der Waals surface area contributed by atoms with Gasteiger partial charge >= 0.3 is 0 Å². The van der Waals surface area contributed by atoms with Crippen molar-refractivity contribution >= 4 is 5.71 Å². The number of terminal acetylenes is 1. The Bertz CT molecular complexity index is 551. The SMILES string of the molecule is C#CCO/N=C(\C)C=C1[C@H]2CC[C@@H]3[C@H]2C(C)(C)CCC[C@]13C. The Kier molecular flexibility index (Phi) is 3.87. The van der Waals surface area contributed by atoms with E-state index in [0.29, 0.717) is 10.8 Å². The Morgan fingerprint density at radius 1 is 1.36 bits per heavy atom. The summed E-state index contributed by atoms with van der Waals surface area (Å²) in [5.41, 5.74) is 3.46. The van der Waals surface area contributed by atoms with Crippen LogP contribution in [0.15, 0.2) is 16.8 Å². The molecule has 3 aliphatic carbocycles. The zero-order valence-electron chi connectivity index (χ0n) is 14.5. The number of nitrogens with zero attached hydrogens (tertiary/aromatic N) is 1. The van der Waals surface area contributed by atoms with Crippen LogP contribution >= 0.6 is 0 Å². The minimum absolute atomic E-state index is 0.249. The molecule has 2 heteroatoms. The van der Waals surface area contributed by atoms with Crippen LogP contribution in [-0.4, -0.2) is 12.3 Å². The van der Waals surface area contributed by atoms with E-state index < -0.39 is 0 Å². The van der Waals surface area contributed by atoms with Gasteiger partial charge in [0, 0.05) is 0 Å². The van der Waals surface area contributed by atoms with Gasteiger partial charge in [-0.1, -0.05) is 43.8 Å². The number of oxime groups is 1. The topological polar surface area (TPSA) is 21.6 Å². The van der Waals surface area contributed by atoms with E-state index in [1.165, 1.54) is 32.1 Å². The van der Waals surface area contributed by atoms with Crippen molar-refractivity contribution in [1.29, 1.82) is 0 Å². The third-order valence-electron chi connectivity index (χ3n) is 6.67.